The van der Waals surface area contributed by atoms with E-state index < -0.39 is 5.76 Å². The molecular formula is C19H18N2O4. The molecule has 3 aromatic rings. The fraction of sp³-hybridized carbons (Fsp3) is 0.211. The zero-order valence-electron chi connectivity index (χ0n) is 14.0. The van der Waals surface area contributed by atoms with E-state index in [0.29, 0.717) is 16.7 Å². The first-order chi connectivity index (χ1) is 11.9. The zero-order chi connectivity index (χ0) is 18.0. The van der Waals surface area contributed by atoms with Crippen LogP contribution in [0.4, 0.5) is 5.69 Å². The number of aromatic nitrogens is 1. The molecule has 0 bridgehead atoms. The van der Waals surface area contributed by atoms with E-state index in [2.05, 4.69) is 10.3 Å². The van der Waals surface area contributed by atoms with Gasteiger partial charge in [0.25, 0.3) is 0 Å². The Labute approximate surface area is 143 Å². The Hall–Kier alpha value is -3.15. The van der Waals surface area contributed by atoms with Crippen molar-refractivity contribution in [3.63, 3.8) is 0 Å². The van der Waals surface area contributed by atoms with Crippen LogP contribution >= 0.6 is 0 Å². The monoisotopic (exact) mass is 338 g/mol. The van der Waals surface area contributed by atoms with Gasteiger partial charge in [-0.05, 0) is 55.3 Å². The molecule has 0 atom stereocenters. The van der Waals surface area contributed by atoms with Gasteiger partial charge in [-0.3, -0.25) is 14.6 Å². The molecule has 6 nitrogen and oxygen atoms in total. The van der Waals surface area contributed by atoms with Crippen LogP contribution in [0.3, 0.4) is 0 Å². The maximum Gasteiger partial charge on any atom is 0.417 e. The highest BCUT2D eigenvalue weighted by molar-refractivity contribution is 6.01. The molecule has 0 aliphatic rings. The Morgan fingerprint density at radius 2 is 1.76 bits per heavy atom. The second-order valence-corrected chi connectivity index (χ2v) is 6.07. The van der Waals surface area contributed by atoms with Gasteiger partial charge in [0.15, 0.2) is 11.4 Å². The molecule has 2 N–H and O–H groups in total. The number of hydrogen-bond acceptors (Lipinski definition) is 4. The molecule has 0 aliphatic heterocycles. The van der Waals surface area contributed by atoms with E-state index in [4.69, 9.17) is 4.42 Å². The summed E-state index contributed by atoms with van der Waals surface area (Å²) in [5, 5.41) is 2.81. The summed E-state index contributed by atoms with van der Waals surface area (Å²) in [5.74, 6) is -0.957. The van der Waals surface area contributed by atoms with Gasteiger partial charge in [-0.2, -0.15) is 0 Å². The van der Waals surface area contributed by atoms with Crippen LogP contribution in [0.5, 0.6) is 0 Å². The van der Waals surface area contributed by atoms with Gasteiger partial charge in [-0.1, -0.05) is 6.07 Å². The molecule has 0 aliphatic carbocycles. The van der Waals surface area contributed by atoms with Crippen LogP contribution in [-0.2, 0) is 4.79 Å². The molecule has 0 radical (unpaired) electrons. The Kier molecular flexibility index (Phi) is 4.52. The van der Waals surface area contributed by atoms with Crippen LogP contribution in [0.25, 0.3) is 11.1 Å². The van der Waals surface area contributed by atoms with Crippen molar-refractivity contribution in [1.29, 1.82) is 0 Å². The smallest absolute Gasteiger partial charge is 0.408 e. The number of anilines is 1. The van der Waals surface area contributed by atoms with Crippen molar-refractivity contribution >= 4 is 28.5 Å². The van der Waals surface area contributed by atoms with Gasteiger partial charge >= 0.3 is 5.76 Å². The summed E-state index contributed by atoms with van der Waals surface area (Å²) in [6, 6.07) is 10.5. The molecule has 1 heterocycles. The van der Waals surface area contributed by atoms with Crippen LogP contribution in [0.2, 0.25) is 0 Å². The second-order valence-electron chi connectivity index (χ2n) is 6.07. The van der Waals surface area contributed by atoms with Gasteiger partial charge in [0.05, 0.1) is 5.52 Å². The summed E-state index contributed by atoms with van der Waals surface area (Å²) >= 11 is 0. The fourth-order valence-electron chi connectivity index (χ4n) is 2.76. The maximum atomic E-state index is 12.3. The highest BCUT2D eigenvalue weighted by Gasteiger charge is 2.12. The van der Waals surface area contributed by atoms with Gasteiger partial charge in [0.1, 0.15) is 0 Å². The molecular weight excluding hydrogens is 320 g/mol. The quantitative estimate of drug-likeness (QED) is 0.698. The van der Waals surface area contributed by atoms with E-state index in [1.54, 1.807) is 12.1 Å². The average Bonchev–Trinajstić information content (AvgIpc) is 2.90. The number of carbonyl (C=O) groups is 2. The Balaban J connectivity index is 1.62. The average molecular weight is 338 g/mol. The van der Waals surface area contributed by atoms with Crippen molar-refractivity contribution in [3.05, 3.63) is 63.6 Å². The van der Waals surface area contributed by atoms with Crippen LogP contribution in [0.15, 0.2) is 45.6 Å². The van der Waals surface area contributed by atoms with E-state index in [1.165, 1.54) is 6.07 Å². The van der Waals surface area contributed by atoms with Crippen LogP contribution < -0.4 is 11.1 Å². The van der Waals surface area contributed by atoms with Gasteiger partial charge in [-0.25, -0.2) is 4.79 Å². The topological polar surface area (TPSA) is 92.2 Å². The number of fused-ring (bicyclic) bond motifs is 1. The number of hydrogen-bond donors (Lipinski definition) is 2. The summed E-state index contributed by atoms with van der Waals surface area (Å²) in [7, 11) is 0. The van der Waals surface area contributed by atoms with Crippen LogP contribution in [0, 0.1) is 13.8 Å². The molecule has 0 unspecified atom stereocenters. The summed E-state index contributed by atoms with van der Waals surface area (Å²) in [6.45, 7) is 3.92. The molecule has 2 aromatic carbocycles. The minimum atomic E-state index is -0.563. The summed E-state index contributed by atoms with van der Waals surface area (Å²) in [5.41, 5.74) is 4.13. The number of ketones is 1. The highest BCUT2D eigenvalue weighted by atomic mass is 16.4. The largest absolute Gasteiger partial charge is 0.417 e. The number of carbonyl (C=O) groups excluding carboxylic acids is 2. The van der Waals surface area contributed by atoms with Crippen molar-refractivity contribution in [3.8, 4) is 0 Å². The number of aromatic amines is 1. The molecule has 1 amide bonds. The summed E-state index contributed by atoms with van der Waals surface area (Å²) < 4.78 is 4.94. The van der Waals surface area contributed by atoms with Crippen LogP contribution in [0.1, 0.15) is 34.3 Å². The maximum absolute atomic E-state index is 12.3. The first-order valence-electron chi connectivity index (χ1n) is 7.95. The number of H-pyrrole nitrogens is 1. The summed E-state index contributed by atoms with van der Waals surface area (Å²) in [6.07, 6.45) is 0.164. The normalized spacial score (nSPS) is 10.8. The third-order valence-corrected chi connectivity index (χ3v) is 3.83. The lowest BCUT2D eigenvalue weighted by molar-refractivity contribution is -0.116. The Morgan fingerprint density at radius 3 is 2.48 bits per heavy atom. The van der Waals surface area contributed by atoms with Gasteiger partial charge < -0.3 is 9.73 Å². The van der Waals surface area contributed by atoms with Crippen LogP contribution in [-0.4, -0.2) is 16.7 Å². The predicted molar refractivity (Wildman–Crippen MR) is 94.9 cm³/mol. The van der Waals surface area contributed by atoms with Crippen molar-refractivity contribution < 1.29 is 14.0 Å². The predicted octanol–water partition coefficient (Wildman–Crippen LogP) is 3.34. The lowest BCUT2D eigenvalue weighted by Gasteiger charge is -2.07. The van der Waals surface area contributed by atoms with E-state index in [0.717, 1.165) is 16.8 Å². The van der Waals surface area contributed by atoms with E-state index in [-0.39, 0.29) is 24.5 Å². The number of aryl methyl sites for hydroxylation is 2. The van der Waals surface area contributed by atoms with Crippen molar-refractivity contribution in [1.82, 2.24) is 4.98 Å². The zero-order valence-corrected chi connectivity index (χ0v) is 14.0. The van der Waals surface area contributed by atoms with Gasteiger partial charge in [0.2, 0.25) is 5.91 Å². The van der Waals surface area contributed by atoms with Gasteiger partial charge in [0, 0.05) is 24.1 Å². The van der Waals surface area contributed by atoms with E-state index in [1.807, 2.05) is 32.0 Å². The number of rotatable bonds is 5. The standard InChI is InChI=1S/C19H18N2O4/c1-11-7-12(2)9-14(8-11)20-18(23)6-5-16(22)13-3-4-15-17(10-13)25-19(24)21-15/h3-4,7-10H,5-6H2,1-2H3,(H,20,23)(H,21,24). The number of oxazole rings is 1. The molecule has 25 heavy (non-hydrogen) atoms. The first-order valence-corrected chi connectivity index (χ1v) is 7.95. The summed E-state index contributed by atoms with van der Waals surface area (Å²) in [4.78, 5) is 38.0. The minimum Gasteiger partial charge on any atom is -0.408 e. The first kappa shape index (κ1) is 16.7. The lowest BCUT2D eigenvalue weighted by Crippen LogP contribution is -2.13. The number of amides is 1. The SMILES string of the molecule is Cc1cc(C)cc(NC(=O)CCC(=O)c2ccc3[nH]c(=O)oc3c2)c1. The van der Waals surface area contributed by atoms with Crippen molar-refractivity contribution in [2.24, 2.45) is 0 Å². The molecule has 0 fully saturated rings. The number of benzene rings is 2. The molecule has 0 spiro atoms. The minimum absolute atomic E-state index is 0.0802. The van der Waals surface area contributed by atoms with E-state index >= 15 is 0 Å². The van der Waals surface area contributed by atoms with E-state index in [9.17, 15) is 14.4 Å². The lowest BCUT2D eigenvalue weighted by atomic mass is 10.1. The molecule has 6 heteroatoms. The molecule has 0 saturated carbocycles. The highest BCUT2D eigenvalue weighted by Crippen LogP contribution is 2.16. The third kappa shape index (κ3) is 4.03. The van der Waals surface area contributed by atoms with Gasteiger partial charge in [-0.15, -0.1) is 0 Å². The van der Waals surface area contributed by atoms with Crippen molar-refractivity contribution in [2.45, 2.75) is 26.7 Å². The van der Waals surface area contributed by atoms with Crippen molar-refractivity contribution in [2.75, 3.05) is 5.32 Å². The Morgan fingerprint density at radius 1 is 1.04 bits per heavy atom. The Bertz CT molecular complexity index is 993. The molecule has 1 aromatic heterocycles. The second kappa shape index (κ2) is 6.76. The molecule has 128 valence electrons. The number of nitrogens with one attached hydrogen (secondary N) is 2. The molecule has 0 saturated heterocycles. The number of Topliss-reactive ketones (excluding diaryl/α,β-unsaturated/α-hetero) is 1. The molecule has 3 rings (SSSR count). The fourth-order valence-corrected chi connectivity index (χ4v) is 2.76. The third-order valence-electron chi connectivity index (χ3n) is 3.83.